The molecule has 1 heterocycles. The second kappa shape index (κ2) is 4.45. The number of hydrogen-bond donors (Lipinski definition) is 3. The Bertz CT molecular complexity index is 348. The van der Waals surface area contributed by atoms with Crippen LogP contribution in [-0.2, 0) is 18.8 Å². The standard InChI is InChI=1S/C7H18N2O5PS/c1-7(2)4-13-15(14-5-7,6(9)3-8)16(10,11)12/h6H,3-5,8-9H2,1-2H3,(H,10,11,12). The summed E-state index contributed by atoms with van der Waals surface area (Å²) in [6, 6.07) is 0. The average Bonchev–Trinajstić information content (AvgIpc) is 2.15. The molecule has 0 aromatic rings. The monoisotopic (exact) mass is 273 g/mol. The molecule has 1 aliphatic rings. The predicted molar refractivity (Wildman–Crippen MR) is 61.2 cm³/mol. The normalized spacial score (nSPS) is 26.3. The minimum atomic E-state index is -4.49. The zero-order chi connectivity index (χ0) is 12.6. The van der Waals surface area contributed by atoms with Gasteiger partial charge in [-0.1, -0.05) is 13.8 Å². The lowest BCUT2D eigenvalue weighted by atomic mass is 9.97. The van der Waals surface area contributed by atoms with Gasteiger partial charge in [-0.15, -0.1) is 0 Å². The van der Waals surface area contributed by atoms with Crippen LogP contribution in [0.3, 0.4) is 0 Å². The summed E-state index contributed by atoms with van der Waals surface area (Å²) in [6.07, 6.45) is 0. The van der Waals surface area contributed by atoms with Gasteiger partial charge in [-0.2, -0.15) is 8.42 Å². The Morgan fingerprint density at radius 3 is 2.19 bits per heavy atom. The SMILES string of the molecule is CC1(C)CO[P](C(N)CN)(S(=O)(=O)O)OC1. The summed E-state index contributed by atoms with van der Waals surface area (Å²) in [5.41, 5.74) is 10.6. The van der Waals surface area contributed by atoms with Crippen molar-refractivity contribution in [3.05, 3.63) is 0 Å². The largest absolute Gasteiger partial charge is 0.328 e. The van der Waals surface area contributed by atoms with Crippen LogP contribution in [0.15, 0.2) is 0 Å². The first-order valence-corrected chi connectivity index (χ1v) is 8.50. The van der Waals surface area contributed by atoms with Crippen molar-refractivity contribution < 1.29 is 22.0 Å². The molecular weight excluding hydrogens is 255 g/mol. The van der Waals surface area contributed by atoms with Crippen LogP contribution in [0.1, 0.15) is 13.8 Å². The van der Waals surface area contributed by atoms with Crippen molar-refractivity contribution >= 4 is 16.7 Å². The Hall–Kier alpha value is 0.180. The molecule has 1 aliphatic heterocycles. The molecule has 1 radical (unpaired) electrons. The maximum absolute atomic E-state index is 11.3. The predicted octanol–water partition coefficient (Wildman–Crippen LogP) is -0.0467. The van der Waals surface area contributed by atoms with Crippen molar-refractivity contribution in [3.8, 4) is 0 Å². The van der Waals surface area contributed by atoms with Crippen LogP contribution in [0.25, 0.3) is 0 Å². The van der Waals surface area contributed by atoms with E-state index in [1.165, 1.54) is 0 Å². The highest BCUT2D eigenvalue weighted by molar-refractivity contribution is 8.51. The maximum Gasteiger partial charge on any atom is 0.327 e. The summed E-state index contributed by atoms with van der Waals surface area (Å²) in [4.78, 5) is 0. The van der Waals surface area contributed by atoms with Gasteiger partial charge >= 0.3 is 9.74 Å². The van der Waals surface area contributed by atoms with Crippen LogP contribution in [0, 0.1) is 5.41 Å². The van der Waals surface area contributed by atoms with E-state index in [0.717, 1.165) is 0 Å². The summed E-state index contributed by atoms with van der Waals surface area (Å²) in [7, 11) is -4.49. The van der Waals surface area contributed by atoms with Crippen LogP contribution in [0.5, 0.6) is 0 Å². The lowest BCUT2D eigenvalue weighted by Crippen LogP contribution is -2.43. The van der Waals surface area contributed by atoms with Crippen LogP contribution >= 0.6 is 6.92 Å². The van der Waals surface area contributed by atoms with Gasteiger partial charge in [-0.3, -0.25) is 4.55 Å². The molecule has 0 spiro atoms. The van der Waals surface area contributed by atoms with E-state index >= 15 is 0 Å². The second-order valence-electron chi connectivity index (χ2n) is 4.50. The Kier molecular flexibility index (Phi) is 3.96. The molecule has 1 rings (SSSR count). The summed E-state index contributed by atoms with van der Waals surface area (Å²) < 4.78 is 42.4. The van der Waals surface area contributed by atoms with Gasteiger partial charge in [0.15, 0.2) is 0 Å². The molecule has 0 bridgehead atoms. The molecule has 16 heavy (non-hydrogen) atoms. The van der Waals surface area contributed by atoms with E-state index in [4.69, 9.17) is 20.5 Å². The lowest BCUT2D eigenvalue weighted by molar-refractivity contribution is 0.0539. The van der Waals surface area contributed by atoms with Crippen molar-refractivity contribution in [2.24, 2.45) is 16.9 Å². The molecule has 0 aliphatic carbocycles. The van der Waals surface area contributed by atoms with Crippen LogP contribution in [0.2, 0.25) is 0 Å². The van der Waals surface area contributed by atoms with Gasteiger partial charge in [-0.25, -0.2) is 0 Å². The third-order valence-corrected chi connectivity index (χ3v) is 8.26. The maximum atomic E-state index is 11.3. The highest BCUT2D eigenvalue weighted by atomic mass is 32.8. The molecule has 1 saturated heterocycles. The van der Waals surface area contributed by atoms with Gasteiger partial charge in [0.2, 0.25) is 0 Å². The molecule has 7 nitrogen and oxygen atoms in total. The number of nitrogens with two attached hydrogens (primary N) is 2. The van der Waals surface area contributed by atoms with E-state index in [2.05, 4.69) is 0 Å². The van der Waals surface area contributed by atoms with E-state index in [1.54, 1.807) is 0 Å². The van der Waals surface area contributed by atoms with E-state index in [-0.39, 0.29) is 25.2 Å². The van der Waals surface area contributed by atoms with Gasteiger partial charge in [0.1, 0.15) is 0 Å². The van der Waals surface area contributed by atoms with Crippen molar-refractivity contribution in [2.75, 3.05) is 19.8 Å². The number of hydrogen-bond acceptors (Lipinski definition) is 6. The first-order chi connectivity index (χ1) is 7.15. The first kappa shape index (κ1) is 14.2. The Morgan fingerprint density at radius 2 is 1.88 bits per heavy atom. The second-order valence-corrected chi connectivity index (χ2v) is 10.6. The van der Waals surface area contributed by atoms with E-state index in [9.17, 15) is 13.0 Å². The van der Waals surface area contributed by atoms with E-state index < -0.39 is 22.4 Å². The summed E-state index contributed by atoms with van der Waals surface area (Å²) in [5, 5.41) is 0. The van der Waals surface area contributed by atoms with Gasteiger partial charge in [0.05, 0.1) is 19.0 Å². The highest BCUT2D eigenvalue weighted by Gasteiger charge is 2.53. The Labute approximate surface area is 95.5 Å². The summed E-state index contributed by atoms with van der Waals surface area (Å²) in [6.45, 7) is 0.346. The molecular formula is C7H18N2O5PS. The van der Waals surface area contributed by atoms with E-state index in [1.807, 2.05) is 13.8 Å². The summed E-state index contributed by atoms with van der Waals surface area (Å²) >= 11 is 0. The fourth-order valence-corrected chi connectivity index (χ4v) is 6.02. The molecule has 1 atom stereocenters. The van der Waals surface area contributed by atoms with Crippen LogP contribution < -0.4 is 11.5 Å². The van der Waals surface area contributed by atoms with Crippen molar-refractivity contribution in [3.63, 3.8) is 0 Å². The molecule has 0 saturated carbocycles. The van der Waals surface area contributed by atoms with E-state index in [0.29, 0.717) is 0 Å². The summed E-state index contributed by atoms with van der Waals surface area (Å²) in [5.74, 6) is -1.03. The van der Waals surface area contributed by atoms with Gasteiger partial charge in [0.25, 0.3) is 6.92 Å². The molecule has 0 aromatic carbocycles. The van der Waals surface area contributed by atoms with Crippen molar-refractivity contribution in [2.45, 2.75) is 19.6 Å². The minimum absolute atomic E-state index is 0.131. The molecule has 0 aromatic heterocycles. The molecule has 1 unspecified atom stereocenters. The third-order valence-electron chi connectivity index (χ3n) is 2.24. The zero-order valence-corrected chi connectivity index (χ0v) is 11.0. The smallest absolute Gasteiger partial charge is 0.327 e. The minimum Gasteiger partial charge on any atom is -0.328 e. The zero-order valence-electron chi connectivity index (χ0n) is 9.29. The average molecular weight is 273 g/mol. The molecule has 97 valence electrons. The Balaban J connectivity index is 3.02. The highest BCUT2D eigenvalue weighted by Crippen LogP contribution is 2.70. The van der Waals surface area contributed by atoms with Crippen molar-refractivity contribution in [1.29, 1.82) is 0 Å². The van der Waals surface area contributed by atoms with Gasteiger partial charge in [-0.05, 0) is 0 Å². The number of rotatable bonds is 3. The fourth-order valence-electron chi connectivity index (χ4n) is 1.23. The van der Waals surface area contributed by atoms with Crippen molar-refractivity contribution in [1.82, 2.24) is 0 Å². The van der Waals surface area contributed by atoms with Gasteiger partial charge < -0.3 is 20.5 Å². The Morgan fingerprint density at radius 1 is 1.44 bits per heavy atom. The third kappa shape index (κ3) is 2.53. The quantitative estimate of drug-likeness (QED) is 0.486. The molecule has 1 fully saturated rings. The van der Waals surface area contributed by atoms with Crippen LogP contribution in [0.4, 0.5) is 0 Å². The first-order valence-electron chi connectivity index (χ1n) is 4.76. The molecule has 5 N–H and O–H groups in total. The lowest BCUT2D eigenvalue weighted by Gasteiger charge is -2.44. The fraction of sp³-hybridized carbons (Fsp3) is 1.00. The van der Waals surface area contributed by atoms with Crippen LogP contribution in [-0.4, -0.2) is 38.5 Å². The molecule has 0 amide bonds. The topological polar surface area (TPSA) is 125 Å². The van der Waals surface area contributed by atoms with Gasteiger partial charge in [0, 0.05) is 12.0 Å². The molecule has 9 heteroatoms.